The number of non-ortho nitro benzene ring substituents is 1. The summed E-state index contributed by atoms with van der Waals surface area (Å²) in [5.74, 6) is -0.384. The predicted octanol–water partition coefficient (Wildman–Crippen LogP) is 5.07. The first-order chi connectivity index (χ1) is 14.2. The van der Waals surface area contributed by atoms with E-state index in [1.807, 2.05) is 45.0 Å². The lowest BCUT2D eigenvalue weighted by Gasteiger charge is -2.43. The van der Waals surface area contributed by atoms with Crippen molar-refractivity contribution in [3.05, 3.63) is 81.0 Å². The van der Waals surface area contributed by atoms with Crippen LogP contribution in [0.1, 0.15) is 50.2 Å². The van der Waals surface area contributed by atoms with E-state index in [0.717, 1.165) is 22.5 Å². The Labute approximate surface area is 175 Å². The molecule has 1 unspecified atom stereocenters. The molecule has 0 N–H and O–H groups in total. The van der Waals surface area contributed by atoms with Crippen molar-refractivity contribution in [3.8, 4) is 0 Å². The van der Waals surface area contributed by atoms with Gasteiger partial charge in [-0.2, -0.15) is 0 Å². The number of carbonyl (C=O) groups is 2. The number of carbonyl (C=O) groups excluding carboxylic acids is 2. The third-order valence-corrected chi connectivity index (χ3v) is 6.01. The summed E-state index contributed by atoms with van der Waals surface area (Å²) in [6.45, 7) is 6.05. The minimum atomic E-state index is -0.450. The number of anilines is 1. The quantitative estimate of drug-likeness (QED) is 0.528. The van der Waals surface area contributed by atoms with Crippen molar-refractivity contribution < 1.29 is 14.5 Å². The summed E-state index contributed by atoms with van der Waals surface area (Å²) in [5.41, 5.74) is 3.74. The van der Waals surface area contributed by atoms with Crippen LogP contribution in [0.5, 0.6) is 0 Å². The molecule has 2 aromatic rings. The van der Waals surface area contributed by atoms with Crippen LogP contribution in [0.4, 0.5) is 11.4 Å². The van der Waals surface area contributed by atoms with Gasteiger partial charge in [0.15, 0.2) is 5.78 Å². The highest BCUT2D eigenvalue weighted by molar-refractivity contribution is 6.08. The zero-order valence-corrected chi connectivity index (χ0v) is 17.3. The zero-order chi connectivity index (χ0) is 21.6. The second-order valence-corrected chi connectivity index (χ2v) is 8.92. The number of benzene rings is 2. The van der Waals surface area contributed by atoms with Gasteiger partial charge in [-0.15, -0.1) is 0 Å². The molecule has 0 bridgehead atoms. The Kier molecular flexibility index (Phi) is 4.80. The fourth-order valence-electron chi connectivity index (χ4n) is 4.62. The van der Waals surface area contributed by atoms with Gasteiger partial charge in [0.25, 0.3) is 5.69 Å². The fraction of sp³-hybridized carbons (Fsp3) is 0.333. The van der Waals surface area contributed by atoms with E-state index in [2.05, 4.69) is 0 Å². The molecule has 1 amide bonds. The lowest BCUT2D eigenvalue weighted by atomic mass is 9.69. The highest BCUT2D eigenvalue weighted by Gasteiger charge is 2.44. The number of aryl methyl sites for hydroxylation is 1. The van der Waals surface area contributed by atoms with Crippen LogP contribution in [0.2, 0.25) is 0 Å². The maximum atomic E-state index is 13.4. The van der Waals surface area contributed by atoms with Crippen LogP contribution in [-0.2, 0) is 9.59 Å². The number of hydrogen-bond donors (Lipinski definition) is 0. The monoisotopic (exact) mass is 404 g/mol. The van der Waals surface area contributed by atoms with Gasteiger partial charge in [0.1, 0.15) is 0 Å². The first-order valence-corrected chi connectivity index (χ1v) is 10.1. The molecular weight excluding hydrogens is 380 g/mol. The first-order valence-electron chi connectivity index (χ1n) is 10.1. The molecule has 1 aliphatic carbocycles. The average Bonchev–Trinajstić information content (AvgIpc) is 2.67. The minimum Gasteiger partial charge on any atom is -0.294 e. The van der Waals surface area contributed by atoms with Gasteiger partial charge in [-0.1, -0.05) is 44.2 Å². The molecule has 0 saturated heterocycles. The second-order valence-electron chi connectivity index (χ2n) is 8.92. The molecule has 0 aromatic heterocycles. The van der Waals surface area contributed by atoms with E-state index in [1.165, 1.54) is 12.1 Å². The van der Waals surface area contributed by atoms with E-state index in [-0.39, 0.29) is 35.1 Å². The number of para-hydroxylation sites is 1. The van der Waals surface area contributed by atoms with Crippen LogP contribution in [0.3, 0.4) is 0 Å². The first kappa shape index (κ1) is 20.0. The third-order valence-electron chi connectivity index (χ3n) is 6.01. The zero-order valence-electron chi connectivity index (χ0n) is 17.3. The van der Waals surface area contributed by atoms with Crippen molar-refractivity contribution in [1.29, 1.82) is 0 Å². The summed E-state index contributed by atoms with van der Waals surface area (Å²) >= 11 is 0. The number of Topliss-reactive ketones (excluding diaryl/α,β-unsaturated/α-hetero) is 1. The predicted molar refractivity (Wildman–Crippen MR) is 114 cm³/mol. The van der Waals surface area contributed by atoms with Crippen LogP contribution < -0.4 is 4.90 Å². The normalized spacial score (nSPS) is 20.9. The Morgan fingerprint density at radius 2 is 1.70 bits per heavy atom. The smallest absolute Gasteiger partial charge is 0.269 e. The van der Waals surface area contributed by atoms with Crippen molar-refractivity contribution in [3.63, 3.8) is 0 Å². The molecule has 2 aromatic carbocycles. The van der Waals surface area contributed by atoms with Gasteiger partial charge in [0.2, 0.25) is 5.91 Å². The molecule has 0 saturated carbocycles. The number of ketones is 1. The van der Waals surface area contributed by atoms with E-state index in [9.17, 15) is 19.7 Å². The summed E-state index contributed by atoms with van der Waals surface area (Å²) in [6.07, 6.45) is 1.21. The summed E-state index contributed by atoms with van der Waals surface area (Å²) in [5, 5.41) is 11.0. The number of amides is 1. The molecule has 0 spiro atoms. The highest BCUT2D eigenvalue weighted by Crippen LogP contribution is 2.48. The molecule has 1 heterocycles. The van der Waals surface area contributed by atoms with Gasteiger partial charge >= 0.3 is 0 Å². The Balaban J connectivity index is 1.88. The average molecular weight is 404 g/mol. The lowest BCUT2D eigenvalue weighted by molar-refractivity contribution is -0.384. The van der Waals surface area contributed by atoms with Crippen molar-refractivity contribution in [2.75, 3.05) is 4.90 Å². The molecule has 6 nitrogen and oxygen atoms in total. The number of allylic oxidation sites excluding steroid dienone is 2. The van der Waals surface area contributed by atoms with E-state index in [4.69, 9.17) is 0 Å². The number of hydrogen-bond acceptors (Lipinski definition) is 4. The van der Waals surface area contributed by atoms with Crippen molar-refractivity contribution in [2.45, 2.75) is 46.0 Å². The molecule has 1 atom stereocenters. The van der Waals surface area contributed by atoms with Gasteiger partial charge in [-0.25, -0.2) is 0 Å². The second kappa shape index (κ2) is 7.20. The third kappa shape index (κ3) is 3.43. The van der Waals surface area contributed by atoms with E-state index < -0.39 is 4.92 Å². The number of nitro benzene ring substituents is 1. The summed E-state index contributed by atoms with van der Waals surface area (Å²) in [6, 6.07) is 13.9. The minimum absolute atomic E-state index is 0.00673. The number of rotatable bonds is 3. The molecule has 6 heteroatoms. The van der Waals surface area contributed by atoms with Gasteiger partial charge in [-0.05, 0) is 36.0 Å². The molecule has 154 valence electrons. The Bertz CT molecular complexity index is 1080. The summed E-state index contributed by atoms with van der Waals surface area (Å²) < 4.78 is 0. The maximum absolute atomic E-state index is 13.4. The van der Waals surface area contributed by atoms with E-state index >= 15 is 0 Å². The van der Waals surface area contributed by atoms with Crippen LogP contribution in [-0.4, -0.2) is 16.6 Å². The SMILES string of the molecule is Cc1ccccc1N1C(=O)CC(c2ccc([N+](=O)[O-])cc2)C2=C1CC(C)(C)CC2=O. The van der Waals surface area contributed by atoms with Crippen LogP contribution >= 0.6 is 0 Å². The lowest BCUT2D eigenvalue weighted by Crippen LogP contribution is -2.44. The molecule has 30 heavy (non-hydrogen) atoms. The molecule has 1 aliphatic heterocycles. The van der Waals surface area contributed by atoms with Crippen LogP contribution in [0.15, 0.2) is 59.8 Å². The number of nitro groups is 1. The molecule has 4 rings (SSSR count). The standard InChI is InChI=1S/C24H24N2O4/c1-15-6-4-5-7-19(15)25-20-13-24(2,3)14-21(27)23(20)18(12-22(25)28)16-8-10-17(11-9-16)26(29)30/h4-11,18H,12-14H2,1-3H3. The fourth-order valence-corrected chi connectivity index (χ4v) is 4.62. The number of nitrogens with zero attached hydrogens (tertiary/aromatic N) is 2. The summed E-state index contributed by atoms with van der Waals surface area (Å²) in [7, 11) is 0. The summed E-state index contributed by atoms with van der Waals surface area (Å²) in [4.78, 5) is 38.9. The molecule has 2 aliphatic rings. The molecule has 0 radical (unpaired) electrons. The van der Waals surface area contributed by atoms with E-state index in [0.29, 0.717) is 18.4 Å². The molecular formula is C24H24N2O4. The Morgan fingerprint density at radius 3 is 2.33 bits per heavy atom. The highest BCUT2D eigenvalue weighted by atomic mass is 16.6. The van der Waals surface area contributed by atoms with Gasteiger partial charge in [-0.3, -0.25) is 24.6 Å². The van der Waals surface area contributed by atoms with Gasteiger partial charge < -0.3 is 0 Å². The van der Waals surface area contributed by atoms with Gasteiger partial charge in [0.05, 0.1) is 10.6 Å². The van der Waals surface area contributed by atoms with Crippen LogP contribution in [0, 0.1) is 22.5 Å². The van der Waals surface area contributed by atoms with E-state index in [1.54, 1.807) is 17.0 Å². The molecule has 0 fully saturated rings. The Hall–Kier alpha value is -3.28. The van der Waals surface area contributed by atoms with Crippen molar-refractivity contribution >= 4 is 23.1 Å². The Morgan fingerprint density at radius 1 is 1.03 bits per heavy atom. The maximum Gasteiger partial charge on any atom is 0.269 e. The largest absolute Gasteiger partial charge is 0.294 e. The van der Waals surface area contributed by atoms with Crippen LogP contribution in [0.25, 0.3) is 0 Å². The topological polar surface area (TPSA) is 80.5 Å². The van der Waals surface area contributed by atoms with Gasteiger partial charge in [0, 0.05) is 42.2 Å². The van der Waals surface area contributed by atoms with Crippen molar-refractivity contribution in [2.24, 2.45) is 5.41 Å². The van der Waals surface area contributed by atoms with Crippen molar-refractivity contribution in [1.82, 2.24) is 0 Å².